The van der Waals surface area contributed by atoms with Gasteiger partial charge < -0.3 is 30.0 Å². The van der Waals surface area contributed by atoms with Crippen LogP contribution in [-0.2, 0) is 28.5 Å². The molecule has 0 fully saturated rings. The molecule has 1 aliphatic rings. The predicted molar refractivity (Wildman–Crippen MR) is 121 cm³/mol. The Hall–Kier alpha value is -2.10. The normalized spacial score (nSPS) is 16.1. The van der Waals surface area contributed by atoms with E-state index >= 15 is 0 Å². The van der Waals surface area contributed by atoms with Crippen LogP contribution in [0.4, 0.5) is 0 Å². The Morgan fingerprint density at radius 1 is 1.09 bits per heavy atom. The van der Waals surface area contributed by atoms with Crippen molar-refractivity contribution in [1.82, 2.24) is 5.32 Å². The lowest BCUT2D eigenvalue weighted by Gasteiger charge is -2.31. The van der Waals surface area contributed by atoms with E-state index in [4.69, 9.17) is 47.9 Å². The molecule has 0 aliphatic carbocycles. The predicted octanol–water partition coefficient (Wildman–Crippen LogP) is 2.94. The summed E-state index contributed by atoms with van der Waals surface area (Å²) in [7, 11) is 1.27. The summed E-state index contributed by atoms with van der Waals surface area (Å²) in [5.74, 6) is -2.07. The van der Waals surface area contributed by atoms with Gasteiger partial charge in [0.05, 0.1) is 73.0 Å². The average molecular weight is 487 g/mol. The fourth-order valence-electron chi connectivity index (χ4n) is 3.37. The third kappa shape index (κ3) is 6.24. The van der Waals surface area contributed by atoms with Crippen LogP contribution in [0.5, 0.6) is 0 Å². The van der Waals surface area contributed by atoms with Gasteiger partial charge in [-0.05, 0) is 25.5 Å². The van der Waals surface area contributed by atoms with Gasteiger partial charge in [0.2, 0.25) is 0 Å². The van der Waals surface area contributed by atoms with Gasteiger partial charge in [0.15, 0.2) is 0 Å². The van der Waals surface area contributed by atoms with Gasteiger partial charge in [-0.15, -0.1) is 0 Å². The Kier molecular flexibility index (Phi) is 10.5. The van der Waals surface area contributed by atoms with Gasteiger partial charge in [0, 0.05) is 12.2 Å². The monoisotopic (exact) mass is 486 g/mol. The lowest BCUT2D eigenvalue weighted by atomic mass is 9.80. The molecule has 2 rings (SSSR count). The summed E-state index contributed by atoms with van der Waals surface area (Å²) in [6.07, 6.45) is 0. The maximum atomic E-state index is 13.1. The number of nitrogens with two attached hydrogens (primary N) is 1. The fourth-order valence-corrected chi connectivity index (χ4v) is 3.79. The van der Waals surface area contributed by atoms with Crippen molar-refractivity contribution in [1.29, 1.82) is 0 Å². The van der Waals surface area contributed by atoms with Crippen LogP contribution in [0.2, 0.25) is 10.0 Å². The topological polar surface area (TPSA) is 109 Å². The van der Waals surface area contributed by atoms with Crippen LogP contribution in [0.1, 0.15) is 25.3 Å². The molecule has 1 aromatic rings. The second kappa shape index (κ2) is 12.8. The summed E-state index contributed by atoms with van der Waals surface area (Å²) in [5.41, 5.74) is 7.27. The molecule has 1 heterocycles. The molecule has 0 aromatic heterocycles. The van der Waals surface area contributed by atoms with Gasteiger partial charge in [-0.2, -0.15) is 0 Å². The number of dihydropyridines is 1. The van der Waals surface area contributed by atoms with Gasteiger partial charge in [0.25, 0.3) is 0 Å². The minimum atomic E-state index is -0.860. The largest absolute Gasteiger partial charge is 0.466 e. The van der Waals surface area contributed by atoms with Crippen LogP contribution in [0.25, 0.3) is 0 Å². The number of hydrogen-bond donors (Lipinski definition) is 2. The first-order valence-electron chi connectivity index (χ1n) is 10.1. The molecule has 0 spiro atoms. The molecule has 0 amide bonds. The molecule has 1 aliphatic heterocycles. The van der Waals surface area contributed by atoms with Crippen molar-refractivity contribution in [3.63, 3.8) is 0 Å². The molecule has 176 valence electrons. The number of esters is 2. The molecule has 3 N–H and O–H groups in total. The maximum absolute atomic E-state index is 13.1. The number of carbonyl (C=O) groups is 2. The van der Waals surface area contributed by atoms with E-state index in [1.807, 2.05) is 0 Å². The van der Waals surface area contributed by atoms with Crippen LogP contribution in [-0.4, -0.2) is 58.6 Å². The smallest absolute Gasteiger partial charge is 0.336 e. The second-order valence-electron chi connectivity index (χ2n) is 6.80. The standard InChI is InChI=1S/C22H28Cl2N2O6/c1-4-32-22(28)19-16(12-31-11-10-30-9-8-25)26-13(2)17(21(27)29-3)18(19)14-6-5-7-15(23)20(14)24/h5-7,18,26H,4,8-12,25H2,1-3H3/t18-/m0/s1. The molecule has 10 heteroatoms. The lowest BCUT2D eigenvalue weighted by molar-refractivity contribution is -0.139. The van der Waals surface area contributed by atoms with E-state index in [9.17, 15) is 9.59 Å². The Balaban J connectivity index is 2.53. The first-order chi connectivity index (χ1) is 15.4. The van der Waals surface area contributed by atoms with E-state index < -0.39 is 17.9 Å². The summed E-state index contributed by atoms with van der Waals surface area (Å²) in [6.45, 7) is 5.10. The number of nitrogens with one attached hydrogen (secondary N) is 1. The van der Waals surface area contributed by atoms with Crippen LogP contribution < -0.4 is 11.1 Å². The zero-order valence-electron chi connectivity index (χ0n) is 18.3. The molecule has 0 radical (unpaired) electrons. The van der Waals surface area contributed by atoms with E-state index in [0.717, 1.165) is 0 Å². The zero-order valence-corrected chi connectivity index (χ0v) is 19.8. The lowest BCUT2D eigenvalue weighted by Crippen LogP contribution is -2.35. The average Bonchev–Trinajstić information content (AvgIpc) is 2.77. The van der Waals surface area contributed by atoms with E-state index in [-0.39, 0.29) is 36.0 Å². The SMILES string of the molecule is CCOC(=O)C1=C(COCCOCCN)NC(C)=C(C(=O)OC)[C@@H]1c1cccc(Cl)c1Cl. The highest BCUT2D eigenvalue weighted by molar-refractivity contribution is 6.42. The minimum absolute atomic E-state index is 0.0562. The number of hydrogen-bond acceptors (Lipinski definition) is 8. The van der Waals surface area contributed by atoms with Gasteiger partial charge >= 0.3 is 11.9 Å². The van der Waals surface area contributed by atoms with Gasteiger partial charge in [-0.1, -0.05) is 35.3 Å². The second-order valence-corrected chi connectivity index (χ2v) is 7.58. The van der Waals surface area contributed by atoms with E-state index in [1.165, 1.54) is 7.11 Å². The highest BCUT2D eigenvalue weighted by Gasteiger charge is 2.40. The summed E-state index contributed by atoms with van der Waals surface area (Å²) < 4.78 is 21.3. The first-order valence-corrected chi connectivity index (χ1v) is 10.9. The quantitative estimate of drug-likeness (QED) is 0.362. The van der Waals surface area contributed by atoms with Crippen LogP contribution in [0, 0.1) is 0 Å². The van der Waals surface area contributed by atoms with Crippen LogP contribution in [0.3, 0.4) is 0 Å². The maximum Gasteiger partial charge on any atom is 0.336 e. The minimum Gasteiger partial charge on any atom is -0.466 e. The molecule has 8 nitrogen and oxygen atoms in total. The van der Waals surface area contributed by atoms with Crippen molar-refractivity contribution in [2.24, 2.45) is 5.73 Å². The number of halogens is 2. The summed E-state index contributed by atoms with van der Waals surface area (Å²) >= 11 is 12.7. The van der Waals surface area contributed by atoms with Crippen LogP contribution >= 0.6 is 23.2 Å². The molecular formula is C22H28Cl2N2O6. The van der Waals surface area contributed by atoms with Crippen molar-refractivity contribution < 1.29 is 28.5 Å². The number of methoxy groups -OCH3 is 1. The first kappa shape index (κ1) is 26.2. The molecule has 1 aromatic carbocycles. The highest BCUT2D eigenvalue weighted by Crippen LogP contribution is 2.43. The van der Waals surface area contributed by atoms with E-state index in [0.29, 0.717) is 41.7 Å². The number of rotatable bonds is 11. The molecular weight excluding hydrogens is 459 g/mol. The fraction of sp³-hybridized carbons (Fsp3) is 0.455. The number of allylic oxidation sites excluding steroid dienone is 1. The number of ether oxygens (including phenoxy) is 4. The molecule has 0 unspecified atom stereocenters. The van der Waals surface area contributed by atoms with E-state index in [1.54, 1.807) is 32.0 Å². The molecule has 0 bridgehead atoms. The third-order valence-corrected chi connectivity index (χ3v) is 5.55. The van der Waals surface area contributed by atoms with Gasteiger partial charge in [-0.25, -0.2) is 9.59 Å². The summed E-state index contributed by atoms with van der Waals surface area (Å²) in [6, 6.07) is 5.03. The van der Waals surface area contributed by atoms with Crippen molar-refractivity contribution in [3.8, 4) is 0 Å². The Morgan fingerprint density at radius 3 is 2.47 bits per heavy atom. The molecule has 0 saturated carbocycles. The third-order valence-electron chi connectivity index (χ3n) is 4.72. The van der Waals surface area contributed by atoms with Crippen molar-refractivity contribution in [3.05, 3.63) is 56.3 Å². The van der Waals surface area contributed by atoms with Crippen LogP contribution in [0.15, 0.2) is 40.7 Å². The number of carbonyl (C=O) groups excluding carboxylic acids is 2. The van der Waals surface area contributed by atoms with Crippen molar-refractivity contribution in [2.45, 2.75) is 19.8 Å². The van der Waals surface area contributed by atoms with Crippen molar-refractivity contribution >= 4 is 35.1 Å². The van der Waals surface area contributed by atoms with E-state index in [2.05, 4.69) is 5.32 Å². The van der Waals surface area contributed by atoms with Gasteiger partial charge in [-0.3, -0.25) is 0 Å². The van der Waals surface area contributed by atoms with Crippen molar-refractivity contribution in [2.75, 3.05) is 46.7 Å². The zero-order chi connectivity index (χ0) is 23.7. The molecule has 0 saturated heterocycles. The Bertz CT molecular complexity index is 900. The summed E-state index contributed by atoms with van der Waals surface area (Å²) in [4.78, 5) is 25.8. The Morgan fingerprint density at radius 2 is 1.81 bits per heavy atom. The Labute approximate surface area is 197 Å². The molecule has 32 heavy (non-hydrogen) atoms. The highest BCUT2D eigenvalue weighted by atomic mass is 35.5. The molecule has 1 atom stereocenters. The number of benzene rings is 1. The summed E-state index contributed by atoms with van der Waals surface area (Å²) in [5, 5.41) is 3.63. The van der Waals surface area contributed by atoms with Gasteiger partial charge in [0.1, 0.15) is 0 Å².